The van der Waals surface area contributed by atoms with Gasteiger partial charge in [0.25, 0.3) is 0 Å². The maximum Gasteiger partial charge on any atom is 0.338 e. The van der Waals surface area contributed by atoms with E-state index in [1.54, 1.807) is 12.1 Å². The molecule has 0 amide bonds. The van der Waals surface area contributed by atoms with E-state index in [-0.39, 0.29) is 0 Å². The lowest BCUT2D eigenvalue weighted by molar-refractivity contribution is 0.0599. The summed E-state index contributed by atoms with van der Waals surface area (Å²) in [5, 5.41) is 0. The third-order valence-electron chi connectivity index (χ3n) is 3.57. The monoisotopic (exact) mass is 342 g/mol. The van der Waals surface area contributed by atoms with Gasteiger partial charge in [-0.1, -0.05) is 36.9 Å². The highest BCUT2D eigenvalue weighted by Gasteiger charge is 2.20. The molecule has 0 aliphatic rings. The molecule has 0 saturated heterocycles. The molecule has 0 aromatic heterocycles. The Labute approximate surface area is 147 Å². The Bertz CT molecular complexity index is 737. The molecule has 25 heavy (non-hydrogen) atoms. The molecule has 5 nitrogen and oxygen atoms in total. The highest BCUT2D eigenvalue weighted by molar-refractivity contribution is 5.95. The maximum absolute atomic E-state index is 12.2. The molecule has 0 unspecified atom stereocenters. The fourth-order valence-corrected chi connectivity index (χ4v) is 2.33. The van der Waals surface area contributed by atoms with Gasteiger partial charge in [-0.25, -0.2) is 4.79 Å². The SMILES string of the molecule is C=C(OCC)c1cc(OC)c(OCc2ccccc2)cc1C(=O)OC. The van der Waals surface area contributed by atoms with E-state index in [0.717, 1.165) is 5.56 Å². The molecule has 0 bridgehead atoms. The molecule has 0 atom stereocenters. The summed E-state index contributed by atoms with van der Waals surface area (Å²) < 4.78 is 21.5. The number of hydrogen-bond acceptors (Lipinski definition) is 5. The Morgan fingerprint density at radius 3 is 2.32 bits per heavy atom. The van der Waals surface area contributed by atoms with Crippen LogP contribution in [0.15, 0.2) is 49.0 Å². The summed E-state index contributed by atoms with van der Waals surface area (Å²) in [6.45, 7) is 6.50. The van der Waals surface area contributed by atoms with Crippen molar-refractivity contribution in [3.63, 3.8) is 0 Å². The van der Waals surface area contributed by atoms with Crippen LogP contribution in [-0.4, -0.2) is 26.8 Å². The van der Waals surface area contributed by atoms with Gasteiger partial charge in [0.05, 0.1) is 26.4 Å². The van der Waals surface area contributed by atoms with E-state index in [1.807, 2.05) is 37.3 Å². The van der Waals surface area contributed by atoms with Crippen LogP contribution in [0.2, 0.25) is 0 Å². The molecule has 0 aliphatic carbocycles. The van der Waals surface area contributed by atoms with Gasteiger partial charge in [0, 0.05) is 5.56 Å². The molecule has 0 heterocycles. The van der Waals surface area contributed by atoms with Gasteiger partial charge in [-0.3, -0.25) is 0 Å². The first-order valence-corrected chi connectivity index (χ1v) is 7.89. The van der Waals surface area contributed by atoms with Crippen LogP contribution in [0.25, 0.3) is 5.76 Å². The topological polar surface area (TPSA) is 54.0 Å². The lowest BCUT2D eigenvalue weighted by Gasteiger charge is -2.16. The van der Waals surface area contributed by atoms with Crippen molar-refractivity contribution in [3.05, 3.63) is 65.7 Å². The number of rotatable bonds is 8. The van der Waals surface area contributed by atoms with Crippen molar-refractivity contribution in [2.24, 2.45) is 0 Å². The van der Waals surface area contributed by atoms with Gasteiger partial charge in [-0.2, -0.15) is 0 Å². The van der Waals surface area contributed by atoms with Gasteiger partial charge < -0.3 is 18.9 Å². The second-order valence-corrected chi connectivity index (χ2v) is 5.17. The van der Waals surface area contributed by atoms with Crippen LogP contribution in [0.3, 0.4) is 0 Å². The van der Waals surface area contributed by atoms with Crippen molar-refractivity contribution in [1.29, 1.82) is 0 Å². The highest BCUT2D eigenvalue weighted by atomic mass is 16.5. The molecule has 0 radical (unpaired) electrons. The van der Waals surface area contributed by atoms with Gasteiger partial charge in [-0.05, 0) is 24.6 Å². The minimum Gasteiger partial charge on any atom is -0.494 e. The predicted molar refractivity (Wildman–Crippen MR) is 95.8 cm³/mol. The number of esters is 1. The first-order valence-electron chi connectivity index (χ1n) is 7.89. The molecule has 0 spiro atoms. The quantitative estimate of drug-likeness (QED) is 0.535. The summed E-state index contributed by atoms with van der Waals surface area (Å²) in [7, 11) is 2.86. The van der Waals surface area contributed by atoms with Crippen molar-refractivity contribution < 1.29 is 23.7 Å². The molecule has 2 aromatic rings. The smallest absolute Gasteiger partial charge is 0.338 e. The van der Waals surface area contributed by atoms with Crippen molar-refractivity contribution in [2.75, 3.05) is 20.8 Å². The standard InChI is InChI=1S/C20H22O5/c1-5-24-14(2)16-11-18(22-3)19(12-17(16)20(21)23-4)25-13-15-9-7-6-8-10-15/h6-12H,2,5,13H2,1,3-4H3. The van der Waals surface area contributed by atoms with Gasteiger partial charge >= 0.3 is 5.97 Å². The summed E-state index contributed by atoms with van der Waals surface area (Å²) in [5.41, 5.74) is 1.83. The summed E-state index contributed by atoms with van der Waals surface area (Å²) in [6.07, 6.45) is 0. The number of methoxy groups -OCH3 is 2. The van der Waals surface area contributed by atoms with Crippen molar-refractivity contribution in [2.45, 2.75) is 13.5 Å². The van der Waals surface area contributed by atoms with Crippen LogP contribution in [0.5, 0.6) is 11.5 Å². The number of carbonyl (C=O) groups is 1. The first-order chi connectivity index (χ1) is 12.1. The van der Waals surface area contributed by atoms with Gasteiger partial charge in [0.2, 0.25) is 0 Å². The molecule has 0 N–H and O–H groups in total. The lowest BCUT2D eigenvalue weighted by atomic mass is 10.0. The molecular formula is C20H22O5. The van der Waals surface area contributed by atoms with E-state index in [1.165, 1.54) is 14.2 Å². The Morgan fingerprint density at radius 1 is 1.04 bits per heavy atom. The Morgan fingerprint density at radius 2 is 1.72 bits per heavy atom. The molecule has 0 fully saturated rings. The largest absolute Gasteiger partial charge is 0.494 e. The van der Waals surface area contributed by atoms with Crippen LogP contribution in [0.4, 0.5) is 0 Å². The van der Waals surface area contributed by atoms with E-state index in [2.05, 4.69) is 6.58 Å². The average Bonchev–Trinajstić information content (AvgIpc) is 2.66. The van der Waals surface area contributed by atoms with Crippen LogP contribution < -0.4 is 9.47 Å². The van der Waals surface area contributed by atoms with E-state index in [4.69, 9.17) is 18.9 Å². The second kappa shape index (κ2) is 8.78. The minimum atomic E-state index is -0.497. The molecular weight excluding hydrogens is 320 g/mol. The third-order valence-corrected chi connectivity index (χ3v) is 3.57. The maximum atomic E-state index is 12.2. The Balaban J connectivity index is 2.38. The fourth-order valence-electron chi connectivity index (χ4n) is 2.33. The van der Waals surface area contributed by atoms with Gasteiger partial charge in [0.1, 0.15) is 12.4 Å². The molecule has 2 rings (SSSR count). The van der Waals surface area contributed by atoms with E-state index >= 15 is 0 Å². The zero-order valence-corrected chi connectivity index (χ0v) is 14.7. The van der Waals surface area contributed by atoms with Crippen molar-refractivity contribution in [1.82, 2.24) is 0 Å². The highest BCUT2D eigenvalue weighted by Crippen LogP contribution is 2.34. The fraction of sp³-hybridized carbons (Fsp3) is 0.250. The van der Waals surface area contributed by atoms with Crippen LogP contribution in [0, 0.1) is 0 Å². The third kappa shape index (κ3) is 4.53. The number of benzene rings is 2. The normalized spacial score (nSPS) is 10.0. The number of hydrogen-bond donors (Lipinski definition) is 0. The van der Waals surface area contributed by atoms with Crippen LogP contribution in [-0.2, 0) is 16.1 Å². The van der Waals surface area contributed by atoms with Crippen molar-refractivity contribution >= 4 is 11.7 Å². The second-order valence-electron chi connectivity index (χ2n) is 5.17. The first kappa shape index (κ1) is 18.4. The predicted octanol–water partition coefficient (Wildman–Crippen LogP) is 4.07. The summed E-state index contributed by atoms with van der Waals surface area (Å²) in [5.74, 6) is 0.804. The van der Waals surface area contributed by atoms with Gasteiger partial charge in [0.15, 0.2) is 11.5 Å². The molecule has 0 saturated carbocycles. The summed E-state index contributed by atoms with van der Waals surface area (Å²) in [4.78, 5) is 12.2. The van der Waals surface area contributed by atoms with Gasteiger partial charge in [-0.15, -0.1) is 0 Å². The molecule has 2 aromatic carbocycles. The zero-order chi connectivity index (χ0) is 18.2. The van der Waals surface area contributed by atoms with E-state index < -0.39 is 5.97 Å². The summed E-state index contributed by atoms with van der Waals surface area (Å²) in [6, 6.07) is 13.0. The number of ether oxygens (including phenoxy) is 4. The molecule has 5 heteroatoms. The van der Waals surface area contributed by atoms with Crippen LogP contribution in [0.1, 0.15) is 28.4 Å². The Kier molecular flexibility index (Phi) is 6.46. The van der Waals surface area contributed by atoms with E-state index in [9.17, 15) is 4.79 Å². The zero-order valence-electron chi connectivity index (χ0n) is 14.7. The van der Waals surface area contributed by atoms with Crippen molar-refractivity contribution in [3.8, 4) is 11.5 Å². The lowest BCUT2D eigenvalue weighted by Crippen LogP contribution is -2.08. The summed E-state index contributed by atoms with van der Waals surface area (Å²) >= 11 is 0. The molecule has 132 valence electrons. The Hall–Kier alpha value is -2.95. The minimum absolute atomic E-state index is 0.310. The molecule has 0 aliphatic heterocycles. The van der Waals surface area contributed by atoms with Crippen LogP contribution >= 0.6 is 0 Å². The average molecular weight is 342 g/mol. The van der Waals surface area contributed by atoms with E-state index in [0.29, 0.717) is 41.6 Å². The number of carbonyl (C=O) groups excluding carboxylic acids is 1.